The molecule has 1 heterocycles. The molecule has 5 heteroatoms. The van der Waals surface area contributed by atoms with Crippen LogP contribution in [-0.2, 0) is 19.7 Å². The maximum absolute atomic E-state index is 12.5. The summed E-state index contributed by atoms with van der Waals surface area (Å²) in [6.07, 6.45) is 2.82. The first-order valence-corrected chi connectivity index (χ1v) is 8.30. The highest BCUT2D eigenvalue weighted by molar-refractivity contribution is 5.87. The number of benzene rings is 1. The van der Waals surface area contributed by atoms with Crippen LogP contribution in [0.5, 0.6) is 11.5 Å². The number of carbonyl (C=O) groups is 2. The van der Waals surface area contributed by atoms with Crippen LogP contribution in [0.1, 0.15) is 53.5 Å². The molecule has 0 fully saturated rings. The summed E-state index contributed by atoms with van der Waals surface area (Å²) in [6.45, 7) is 11.8. The summed E-state index contributed by atoms with van der Waals surface area (Å²) in [5, 5.41) is 10.00. The Morgan fingerprint density at radius 1 is 1.20 bits per heavy atom. The lowest BCUT2D eigenvalue weighted by Gasteiger charge is -2.38. The van der Waals surface area contributed by atoms with Crippen molar-refractivity contribution in [2.75, 3.05) is 0 Å². The highest BCUT2D eigenvalue weighted by Gasteiger charge is 2.48. The van der Waals surface area contributed by atoms with Crippen molar-refractivity contribution in [3.05, 3.63) is 35.9 Å². The molecule has 0 radical (unpaired) electrons. The van der Waals surface area contributed by atoms with Crippen LogP contribution in [0, 0.1) is 5.41 Å². The predicted molar refractivity (Wildman–Crippen MR) is 94.5 cm³/mol. The van der Waals surface area contributed by atoms with Gasteiger partial charge in [0.2, 0.25) is 0 Å². The molecule has 0 aromatic heterocycles. The molecule has 0 saturated heterocycles. The molecular formula is C20H26O5. The van der Waals surface area contributed by atoms with E-state index < -0.39 is 23.0 Å². The lowest BCUT2D eigenvalue weighted by molar-refractivity contribution is -0.160. The third-order valence-corrected chi connectivity index (χ3v) is 4.50. The van der Waals surface area contributed by atoms with Crippen LogP contribution in [0.15, 0.2) is 30.4 Å². The van der Waals surface area contributed by atoms with E-state index in [0.717, 1.165) is 5.56 Å². The van der Waals surface area contributed by atoms with Gasteiger partial charge in [0.25, 0.3) is 0 Å². The summed E-state index contributed by atoms with van der Waals surface area (Å²) < 4.78 is 10.8. The van der Waals surface area contributed by atoms with Crippen molar-refractivity contribution in [2.24, 2.45) is 5.41 Å². The number of cyclic esters (lactones) is 1. The van der Waals surface area contributed by atoms with Gasteiger partial charge in [0, 0.05) is 11.5 Å². The van der Waals surface area contributed by atoms with E-state index in [0.29, 0.717) is 0 Å². The molecule has 1 aromatic rings. The van der Waals surface area contributed by atoms with Gasteiger partial charge in [-0.15, -0.1) is 0 Å². The molecule has 25 heavy (non-hydrogen) atoms. The highest BCUT2D eigenvalue weighted by atomic mass is 16.6. The first-order valence-electron chi connectivity index (χ1n) is 8.30. The maximum atomic E-state index is 12.5. The molecule has 0 saturated carbocycles. The molecular weight excluding hydrogens is 320 g/mol. The fourth-order valence-corrected chi connectivity index (χ4v) is 2.65. The number of hydrogen-bond donors (Lipinski definition) is 1. The third kappa shape index (κ3) is 4.03. The van der Waals surface area contributed by atoms with Gasteiger partial charge in [-0.05, 0) is 29.2 Å². The molecule has 2 rings (SSSR count). The fourth-order valence-electron chi connectivity index (χ4n) is 2.65. The van der Waals surface area contributed by atoms with Gasteiger partial charge >= 0.3 is 11.9 Å². The number of phenolic OH excluding ortho intramolecular Hbond substituents is 1. The lowest BCUT2D eigenvalue weighted by Crippen LogP contribution is -2.44. The van der Waals surface area contributed by atoms with Gasteiger partial charge < -0.3 is 14.6 Å². The van der Waals surface area contributed by atoms with Crippen molar-refractivity contribution < 1.29 is 24.2 Å². The Morgan fingerprint density at radius 2 is 1.84 bits per heavy atom. The van der Waals surface area contributed by atoms with Crippen molar-refractivity contribution >= 4 is 11.9 Å². The van der Waals surface area contributed by atoms with E-state index >= 15 is 0 Å². The monoisotopic (exact) mass is 346 g/mol. The minimum Gasteiger partial charge on any atom is -0.504 e. The summed E-state index contributed by atoms with van der Waals surface area (Å²) in [6, 6.07) is 4.97. The van der Waals surface area contributed by atoms with Crippen LogP contribution >= 0.6 is 0 Å². The van der Waals surface area contributed by atoms with Crippen molar-refractivity contribution in [1.82, 2.24) is 0 Å². The average Bonchev–Trinajstić information content (AvgIpc) is 2.82. The van der Waals surface area contributed by atoms with Crippen LogP contribution in [0.3, 0.4) is 0 Å². The normalized spacial score (nSPS) is 20.5. The molecule has 0 amide bonds. The topological polar surface area (TPSA) is 72.8 Å². The second-order valence-corrected chi connectivity index (χ2v) is 8.48. The molecule has 1 atom stereocenters. The second-order valence-electron chi connectivity index (χ2n) is 8.48. The Labute approximate surface area is 148 Å². The Hall–Kier alpha value is -2.30. The first kappa shape index (κ1) is 19.0. The first-order chi connectivity index (χ1) is 11.3. The largest absolute Gasteiger partial charge is 0.504 e. The molecule has 0 aliphatic carbocycles. The Kier molecular flexibility index (Phi) is 4.73. The Balaban J connectivity index is 2.23. The molecule has 1 aliphatic heterocycles. The van der Waals surface area contributed by atoms with Gasteiger partial charge in [-0.25, -0.2) is 4.79 Å². The van der Waals surface area contributed by atoms with Crippen LogP contribution < -0.4 is 4.74 Å². The van der Waals surface area contributed by atoms with E-state index in [9.17, 15) is 14.7 Å². The molecule has 1 aromatic carbocycles. The molecule has 1 unspecified atom stereocenters. The minimum absolute atomic E-state index is 0.106. The molecule has 1 aliphatic rings. The zero-order valence-corrected chi connectivity index (χ0v) is 15.7. The van der Waals surface area contributed by atoms with E-state index in [1.807, 2.05) is 41.5 Å². The van der Waals surface area contributed by atoms with Gasteiger partial charge in [0.1, 0.15) is 5.60 Å². The molecule has 0 bridgehead atoms. The van der Waals surface area contributed by atoms with Crippen molar-refractivity contribution in [3.8, 4) is 11.5 Å². The number of esters is 2. The smallest absolute Gasteiger partial charge is 0.331 e. The quantitative estimate of drug-likeness (QED) is 0.664. The summed E-state index contributed by atoms with van der Waals surface area (Å²) in [7, 11) is 0. The van der Waals surface area contributed by atoms with Gasteiger partial charge in [-0.1, -0.05) is 47.6 Å². The standard InChI is InChI=1S/C20H26O5/c1-18(2,3)13-7-8-14(21)15(11-13)24-17(23)12-20(19(4,5)6)10-9-16(22)25-20/h7-11,21H,12H2,1-6H3. The van der Waals surface area contributed by atoms with E-state index in [1.165, 1.54) is 12.1 Å². The van der Waals surface area contributed by atoms with Crippen molar-refractivity contribution in [3.63, 3.8) is 0 Å². The summed E-state index contributed by atoms with van der Waals surface area (Å²) in [5.41, 5.74) is -0.751. The van der Waals surface area contributed by atoms with E-state index in [-0.39, 0.29) is 23.3 Å². The highest BCUT2D eigenvalue weighted by Crippen LogP contribution is 2.42. The van der Waals surface area contributed by atoms with Gasteiger partial charge in [0.15, 0.2) is 11.5 Å². The SMILES string of the molecule is CC(C)(C)c1ccc(O)c(OC(=O)CC2(C(C)(C)C)C=CC(=O)O2)c1. The molecule has 5 nitrogen and oxygen atoms in total. The van der Waals surface area contributed by atoms with Gasteiger partial charge in [0.05, 0.1) is 6.42 Å². The van der Waals surface area contributed by atoms with E-state index in [2.05, 4.69) is 0 Å². The number of rotatable bonds is 3. The van der Waals surface area contributed by atoms with Crippen LogP contribution in [-0.4, -0.2) is 22.6 Å². The average molecular weight is 346 g/mol. The zero-order valence-electron chi connectivity index (χ0n) is 15.7. The molecule has 0 spiro atoms. The number of carbonyl (C=O) groups excluding carboxylic acids is 2. The molecule has 1 N–H and O–H groups in total. The Bertz CT molecular complexity index is 719. The summed E-state index contributed by atoms with van der Waals surface area (Å²) in [5.74, 6) is -1.05. The summed E-state index contributed by atoms with van der Waals surface area (Å²) in [4.78, 5) is 24.0. The third-order valence-electron chi connectivity index (χ3n) is 4.50. The van der Waals surface area contributed by atoms with E-state index in [1.54, 1.807) is 18.2 Å². The lowest BCUT2D eigenvalue weighted by atomic mass is 9.74. The van der Waals surface area contributed by atoms with E-state index in [4.69, 9.17) is 9.47 Å². The number of aromatic hydroxyl groups is 1. The number of phenols is 1. The van der Waals surface area contributed by atoms with Crippen LogP contribution in [0.4, 0.5) is 0 Å². The Morgan fingerprint density at radius 3 is 2.32 bits per heavy atom. The van der Waals surface area contributed by atoms with Crippen molar-refractivity contribution in [1.29, 1.82) is 0 Å². The van der Waals surface area contributed by atoms with Crippen molar-refractivity contribution in [2.45, 2.75) is 59.0 Å². The van der Waals surface area contributed by atoms with Crippen LogP contribution in [0.25, 0.3) is 0 Å². The number of ether oxygens (including phenoxy) is 2. The zero-order chi connectivity index (χ0) is 19.0. The fraction of sp³-hybridized carbons (Fsp3) is 0.500. The minimum atomic E-state index is -1.06. The number of hydrogen-bond acceptors (Lipinski definition) is 5. The maximum Gasteiger partial charge on any atom is 0.331 e. The molecule has 136 valence electrons. The van der Waals surface area contributed by atoms with Gasteiger partial charge in [-0.2, -0.15) is 0 Å². The van der Waals surface area contributed by atoms with Crippen LogP contribution in [0.2, 0.25) is 0 Å². The van der Waals surface area contributed by atoms with Gasteiger partial charge in [-0.3, -0.25) is 4.79 Å². The summed E-state index contributed by atoms with van der Waals surface area (Å²) >= 11 is 0. The predicted octanol–water partition coefficient (Wildman–Crippen LogP) is 3.88. The second kappa shape index (κ2) is 6.21.